The molecule has 3 heterocycles. The second kappa shape index (κ2) is 10.2. The number of amides is 2. The second-order valence-electron chi connectivity index (χ2n) is 9.86. The summed E-state index contributed by atoms with van der Waals surface area (Å²) in [4.78, 5) is 30.2. The van der Waals surface area contributed by atoms with Crippen LogP contribution >= 0.6 is 0 Å². The Morgan fingerprint density at radius 3 is 2.47 bits per heavy atom. The Kier molecular flexibility index (Phi) is 7.36. The summed E-state index contributed by atoms with van der Waals surface area (Å²) in [5, 5.41) is 2.97. The highest BCUT2D eigenvalue weighted by molar-refractivity contribution is 6.00. The zero-order chi connectivity index (χ0) is 26.1. The van der Waals surface area contributed by atoms with E-state index in [0.29, 0.717) is 57.1 Å². The van der Waals surface area contributed by atoms with Gasteiger partial charge in [-0.1, -0.05) is 26.0 Å². The van der Waals surface area contributed by atoms with Crippen molar-refractivity contribution in [3.63, 3.8) is 0 Å². The number of hydrogen-bond acceptors (Lipinski definition) is 5. The van der Waals surface area contributed by atoms with Crippen LogP contribution in [0, 0.1) is 5.92 Å². The third-order valence-electron chi connectivity index (χ3n) is 6.93. The Balaban J connectivity index is 1.42. The van der Waals surface area contributed by atoms with E-state index in [1.807, 2.05) is 20.8 Å². The molecular weight excluding hydrogens is 475 g/mol. The van der Waals surface area contributed by atoms with Crippen LogP contribution in [0.15, 0.2) is 40.8 Å². The number of carbonyl (C=O) groups is 2. The van der Waals surface area contributed by atoms with Gasteiger partial charge in [0, 0.05) is 19.6 Å². The Hall–Kier alpha value is -3.01. The first-order chi connectivity index (χ1) is 17.0. The van der Waals surface area contributed by atoms with Gasteiger partial charge in [0.1, 0.15) is 28.9 Å². The van der Waals surface area contributed by atoms with Crippen LogP contribution in [0.2, 0.25) is 0 Å². The van der Waals surface area contributed by atoms with Crippen molar-refractivity contribution in [2.24, 2.45) is 5.92 Å². The molecule has 1 aromatic carbocycles. The lowest BCUT2D eigenvalue weighted by atomic mass is 9.81. The Labute approximate surface area is 208 Å². The molecule has 2 aliphatic rings. The van der Waals surface area contributed by atoms with Crippen LogP contribution in [0.1, 0.15) is 45.8 Å². The summed E-state index contributed by atoms with van der Waals surface area (Å²) in [5.41, 5.74) is -0.636. The van der Waals surface area contributed by atoms with Crippen LogP contribution in [0.3, 0.4) is 0 Å². The van der Waals surface area contributed by atoms with E-state index in [9.17, 15) is 22.8 Å². The van der Waals surface area contributed by atoms with Gasteiger partial charge in [0.2, 0.25) is 11.8 Å². The Morgan fingerprint density at radius 2 is 1.83 bits per heavy atom. The van der Waals surface area contributed by atoms with Crippen LogP contribution in [-0.4, -0.2) is 59.2 Å². The lowest BCUT2D eigenvalue weighted by Crippen LogP contribution is -2.72. The average Bonchev–Trinajstić information content (AvgIpc) is 3.26. The lowest BCUT2D eigenvalue weighted by Gasteiger charge is -2.51. The number of nitrogens with zero attached hydrogens (tertiary/aromatic N) is 2. The Morgan fingerprint density at radius 1 is 1.14 bits per heavy atom. The number of benzene rings is 1. The quantitative estimate of drug-likeness (QED) is 0.594. The highest BCUT2D eigenvalue weighted by atomic mass is 19.4. The third kappa shape index (κ3) is 5.38. The van der Waals surface area contributed by atoms with Gasteiger partial charge in [-0.2, -0.15) is 0 Å². The van der Waals surface area contributed by atoms with Gasteiger partial charge in [0.15, 0.2) is 0 Å². The topological polar surface area (TPSA) is 75.0 Å². The van der Waals surface area contributed by atoms with Crippen LogP contribution < -0.4 is 10.1 Å². The molecule has 1 atom stereocenters. The van der Waals surface area contributed by atoms with Gasteiger partial charge < -0.3 is 19.4 Å². The fourth-order valence-corrected chi connectivity index (χ4v) is 5.26. The van der Waals surface area contributed by atoms with Gasteiger partial charge >= 0.3 is 6.36 Å². The molecule has 0 saturated carbocycles. The first-order valence-electron chi connectivity index (χ1n) is 12.3. The van der Waals surface area contributed by atoms with E-state index >= 15 is 0 Å². The monoisotopic (exact) mass is 507 g/mol. The van der Waals surface area contributed by atoms with Crippen molar-refractivity contribution in [2.75, 3.05) is 19.6 Å². The van der Waals surface area contributed by atoms with Crippen LogP contribution in [0.25, 0.3) is 11.3 Å². The van der Waals surface area contributed by atoms with Crippen molar-refractivity contribution < 1.29 is 31.9 Å². The van der Waals surface area contributed by atoms with Crippen LogP contribution in [0.5, 0.6) is 5.75 Å². The zero-order valence-electron chi connectivity index (χ0n) is 20.7. The molecule has 36 heavy (non-hydrogen) atoms. The fraction of sp³-hybridized carbons (Fsp3) is 0.538. The summed E-state index contributed by atoms with van der Waals surface area (Å²) in [6, 6.07) is 8.72. The largest absolute Gasteiger partial charge is 0.573 e. The van der Waals surface area contributed by atoms with Crippen molar-refractivity contribution in [1.82, 2.24) is 15.1 Å². The molecule has 10 heteroatoms. The molecule has 1 unspecified atom stereocenters. The van der Waals surface area contributed by atoms with Crippen molar-refractivity contribution in [3.05, 3.63) is 42.2 Å². The summed E-state index contributed by atoms with van der Waals surface area (Å²) in [6.07, 6.45) is -3.18. The number of alkyl halides is 3. The normalized spacial score (nSPS) is 20.8. The minimum atomic E-state index is -4.80. The van der Waals surface area contributed by atoms with Gasteiger partial charge in [0.25, 0.3) is 0 Å². The number of carbonyl (C=O) groups excluding carboxylic acids is 2. The zero-order valence-corrected chi connectivity index (χ0v) is 20.7. The maximum atomic E-state index is 13.2. The number of furan rings is 1. The summed E-state index contributed by atoms with van der Waals surface area (Å²) in [5.74, 6) is 0.735. The predicted octanol–water partition coefficient (Wildman–Crippen LogP) is 4.57. The molecule has 1 N–H and O–H groups in total. The van der Waals surface area contributed by atoms with Crippen molar-refractivity contribution in [2.45, 2.75) is 64.5 Å². The minimum Gasteiger partial charge on any atom is -0.460 e. The molecule has 7 nitrogen and oxygen atoms in total. The molecule has 1 spiro atoms. The van der Waals surface area contributed by atoms with Crippen LogP contribution in [-0.2, 0) is 16.1 Å². The first kappa shape index (κ1) is 26.1. The number of piperazine rings is 1. The standard InChI is InChI=1S/C26H32F3N3O4/c1-4-32-23(33)20(15-17(2)3)30-24(34)25(32)11-13-31(14-12-25)16-18-9-10-21(35-18)19-7-5-6-8-22(19)36-26(27,28)29/h5-10,17,20H,4,11-16H2,1-3H3,(H,30,34). The number of ether oxygens (including phenoxy) is 1. The number of hydrogen-bond donors (Lipinski definition) is 1. The highest BCUT2D eigenvalue weighted by Crippen LogP contribution is 2.36. The number of halogens is 3. The van der Waals surface area contributed by atoms with E-state index in [0.717, 1.165) is 0 Å². The van der Waals surface area contributed by atoms with Crippen molar-refractivity contribution in [1.29, 1.82) is 0 Å². The van der Waals surface area contributed by atoms with E-state index in [4.69, 9.17) is 4.42 Å². The Bertz CT molecular complexity index is 1090. The highest BCUT2D eigenvalue weighted by Gasteiger charge is 2.53. The van der Waals surface area contributed by atoms with Crippen LogP contribution in [0.4, 0.5) is 13.2 Å². The number of nitrogens with one attached hydrogen (secondary N) is 1. The summed E-state index contributed by atoms with van der Waals surface area (Å²) >= 11 is 0. The third-order valence-corrected chi connectivity index (χ3v) is 6.93. The molecule has 2 aliphatic heterocycles. The molecule has 2 saturated heterocycles. The summed E-state index contributed by atoms with van der Waals surface area (Å²) < 4.78 is 48.3. The smallest absolute Gasteiger partial charge is 0.460 e. The molecule has 4 rings (SSSR count). The van der Waals surface area contributed by atoms with Gasteiger partial charge in [0.05, 0.1) is 12.1 Å². The van der Waals surface area contributed by atoms with Gasteiger partial charge in [-0.25, -0.2) is 0 Å². The molecular formula is C26H32F3N3O4. The van der Waals surface area contributed by atoms with Gasteiger partial charge in [-0.15, -0.1) is 13.2 Å². The SMILES string of the molecule is CCN1C(=O)C(CC(C)C)NC(=O)C12CCN(Cc1ccc(-c3ccccc3OC(F)(F)F)o1)CC2. The predicted molar refractivity (Wildman–Crippen MR) is 127 cm³/mol. The number of likely N-dealkylation sites (tertiary alicyclic amines) is 1. The second-order valence-corrected chi connectivity index (χ2v) is 9.86. The van der Waals surface area contributed by atoms with E-state index in [2.05, 4.69) is 15.0 Å². The summed E-state index contributed by atoms with van der Waals surface area (Å²) in [7, 11) is 0. The van der Waals surface area contributed by atoms with E-state index in [1.165, 1.54) is 18.2 Å². The molecule has 196 valence electrons. The fourth-order valence-electron chi connectivity index (χ4n) is 5.26. The lowest BCUT2D eigenvalue weighted by molar-refractivity contribution is -0.274. The van der Waals surface area contributed by atoms with E-state index < -0.39 is 17.9 Å². The number of para-hydroxylation sites is 1. The molecule has 0 bridgehead atoms. The van der Waals surface area contributed by atoms with Crippen molar-refractivity contribution >= 4 is 11.8 Å². The number of rotatable bonds is 7. The molecule has 2 aromatic rings. The molecule has 2 fully saturated rings. The van der Waals surface area contributed by atoms with E-state index in [-0.39, 0.29) is 28.9 Å². The number of likely N-dealkylation sites (N-methyl/N-ethyl adjacent to an activating group) is 1. The number of piperidine rings is 1. The van der Waals surface area contributed by atoms with Gasteiger partial charge in [-0.05, 0) is 56.4 Å². The first-order valence-corrected chi connectivity index (χ1v) is 12.3. The van der Waals surface area contributed by atoms with Gasteiger partial charge in [-0.3, -0.25) is 14.5 Å². The average molecular weight is 508 g/mol. The molecule has 2 amide bonds. The molecule has 0 radical (unpaired) electrons. The maximum Gasteiger partial charge on any atom is 0.573 e. The van der Waals surface area contributed by atoms with Crippen molar-refractivity contribution in [3.8, 4) is 17.1 Å². The summed E-state index contributed by atoms with van der Waals surface area (Å²) in [6.45, 7) is 8.03. The minimum absolute atomic E-state index is 0.0188. The maximum absolute atomic E-state index is 13.2. The molecule has 1 aromatic heterocycles. The molecule has 0 aliphatic carbocycles. The van der Waals surface area contributed by atoms with E-state index in [1.54, 1.807) is 23.1 Å².